The molecular weight excluding hydrogens is 458 g/mol. The van der Waals surface area contributed by atoms with Gasteiger partial charge in [-0.25, -0.2) is 4.79 Å². The van der Waals surface area contributed by atoms with Crippen molar-refractivity contribution in [3.8, 4) is 5.75 Å². The van der Waals surface area contributed by atoms with Crippen LogP contribution in [0.15, 0.2) is 77.7 Å². The van der Waals surface area contributed by atoms with E-state index in [1.54, 1.807) is 47.9 Å². The molecule has 168 valence electrons. The molecule has 2 aliphatic rings. The molecule has 3 amide bonds. The quantitative estimate of drug-likeness (QED) is 0.471. The number of nitrogens with zero attached hydrogens (tertiary/aromatic N) is 1. The molecule has 3 atom stereocenters. The highest BCUT2D eigenvalue weighted by molar-refractivity contribution is 7.98. The van der Waals surface area contributed by atoms with Gasteiger partial charge in [0.05, 0.1) is 11.7 Å². The second-order valence-electron chi connectivity index (χ2n) is 8.13. The molecular formula is C25H22ClN3O3S. The minimum Gasteiger partial charge on any atom is -0.466 e. The van der Waals surface area contributed by atoms with E-state index >= 15 is 0 Å². The van der Waals surface area contributed by atoms with Crippen molar-refractivity contribution < 1.29 is 14.3 Å². The molecule has 0 aromatic heterocycles. The fourth-order valence-corrected chi connectivity index (χ4v) is 5.20. The van der Waals surface area contributed by atoms with E-state index in [1.807, 2.05) is 54.8 Å². The molecule has 3 aromatic carbocycles. The van der Waals surface area contributed by atoms with Gasteiger partial charge in [-0.1, -0.05) is 35.9 Å². The van der Waals surface area contributed by atoms with Gasteiger partial charge in [0.1, 0.15) is 11.7 Å². The van der Waals surface area contributed by atoms with Crippen molar-refractivity contribution in [1.29, 1.82) is 0 Å². The zero-order valence-corrected chi connectivity index (χ0v) is 19.6. The number of carbonyl (C=O) groups is 2. The number of fused-ring (bicyclic) bond motifs is 4. The Morgan fingerprint density at radius 1 is 1.12 bits per heavy atom. The molecule has 8 heteroatoms. The van der Waals surface area contributed by atoms with Gasteiger partial charge in [-0.2, -0.15) is 0 Å². The van der Waals surface area contributed by atoms with Crippen LogP contribution in [0.5, 0.6) is 5.75 Å². The molecule has 0 spiro atoms. The molecule has 0 saturated carbocycles. The first-order chi connectivity index (χ1) is 15.9. The van der Waals surface area contributed by atoms with Crippen LogP contribution in [0.2, 0.25) is 5.02 Å². The molecule has 33 heavy (non-hydrogen) atoms. The average Bonchev–Trinajstić information content (AvgIpc) is 2.80. The van der Waals surface area contributed by atoms with Gasteiger partial charge in [-0.15, -0.1) is 11.8 Å². The highest BCUT2D eigenvalue weighted by atomic mass is 35.5. The summed E-state index contributed by atoms with van der Waals surface area (Å²) in [5.74, 6) is -0.337. The van der Waals surface area contributed by atoms with Crippen molar-refractivity contribution in [1.82, 2.24) is 5.32 Å². The summed E-state index contributed by atoms with van der Waals surface area (Å²) in [4.78, 5) is 29.6. The van der Waals surface area contributed by atoms with E-state index in [0.717, 1.165) is 10.5 Å². The van der Waals surface area contributed by atoms with E-state index in [-0.39, 0.29) is 11.9 Å². The lowest BCUT2D eigenvalue weighted by Gasteiger charge is -2.54. The fraction of sp³-hybridized carbons (Fsp3) is 0.200. The summed E-state index contributed by atoms with van der Waals surface area (Å²) >= 11 is 7.57. The monoisotopic (exact) mass is 479 g/mol. The predicted octanol–water partition coefficient (Wildman–Crippen LogP) is 5.70. The Bertz CT molecular complexity index is 1240. The Balaban J connectivity index is 1.61. The molecule has 1 saturated heterocycles. The lowest BCUT2D eigenvalue weighted by atomic mass is 9.78. The number of anilines is 2. The lowest BCUT2D eigenvalue weighted by Crippen LogP contribution is -2.72. The third-order valence-corrected chi connectivity index (χ3v) is 7.09. The number of hydrogen-bond donors (Lipinski definition) is 2. The molecule has 2 heterocycles. The number of nitrogens with one attached hydrogen (secondary N) is 2. The molecule has 2 N–H and O–H groups in total. The van der Waals surface area contributed by atoms with Crippen molar-refractivity contribution in [2.24, 2.45) is 5.92 Å². The van der Waals surface area contributed by atoms with Crippen LogP contribution in [0, 0.1) is 5.92 Å². The lowest BCUT2D eigenvalue weighted by molar-refractivity contribution is -0.131. The van der Waals surface area contributed by atoms with Crippen molar-refractivity contribution in [2.75, 3.05) is 16.5 Å². The van der Waals surface area contributed by atoms with Crippen molar-refractivity contribution in [2.45, 2.75) is 23.6 Å². The average molecular weight is 480 g/mol. The van der Waals surface area contributed by atoms with Gasteiger partial charge < -0.3 is 15.4 Å². The first-order valence-electron chi connectivity index (χ1n) is 10.5. The number of para-hydroxylation sites is 1. The zero-order valence-electron chi connectivity index (χ0n) is 18.0. The summed E-state index contributed by atoms with van der Waals surface area (Å²) in [7, 11) is 0. The van der Waals surface area contributed by atoms with E-state index in [2.05, 4.69) is 10.6 Å². The van der Waals surface area contributed by atoms with Crippen molar-refractivity contribution >= 4 is 46.7 Å². The minimum atomic E-state index is -1.26. The Kier molecular flexibility index (Phi) is 5.46. The summed E-state index contributed by atoms with van der Waals surface area (Å²) in [6.07, 6.45) is 1.98. The molecule has 0 unspecified atom stereocenters. The number of amides is 3. The van der Waals surface area contributed by atoms with E-state index in [9.17, 15) is 9.59 Å². The van der Waals surface area contributed by atoms with Crippen LogP contribution >= 0.6 is 23.4 Å². The number of hydrogen-bond acceptors (Lipinski definition) is 4. The van der Waals surface area contributed by atoms with Crippen LogP contribution in [0.3, 0.4) is 0 Å². The van der Waals surface area contributed by atoms with E-state index in [1.165, 1.54) is 0 Å². The number of benzene rings is 3. The topological polar surface area (TPSA) is 70.7 Å². The summed E-state index contributed by atoms with van der Waals surface area (Å²) < 4.78 is 6.47. The van der Waals surface area contributed by atoms with E-state index < -0.39 is 17.7 Å². The van der Waals surface area contributed by atoms with Gasteiger partial charge >= 0.3 is 6.03 Å². The Morgan fingerprint density at radius 3 is 2.64 bits per heavy atom. The maximum atomic E-state index is 13.7. The molecule has 2 aliphatic heterocycles. The largest absolute Gasteiger partial charge is 0.466 e. The maximum Gasteiger partial charge on any atom is 0.325 e. The highest BCUT2D eigenvalue weighted by Gasteiger charge is 2.60. The van der Waals surface area contributed by atoms with Gasteiger partial charge in [0.15, 0.2) is 0 Å². The van der Waals surface area contributed by atoms with Crippen molar-refractivity contribution in [3.63, 3.8) is 0 Å². The van der Waals surface area contributed by atoms with Crippen LogP contribution < -0.4 is 20.3 Å². The van der Waals surface area contributed by atoms with Crippen LogP contribution in [0.25, 0.3) is 0 Å². The minimum absolute atomic E-state index is 0.259. The first kappa shape index (κ1) is 21.7. The van der Waals surface area contributed by atoms with Gasteiger partial charge in [0.2, 0.25) is 11.6 Å². The fourth-order valence-electron chi connectivity index (χ4n) is 4.62. The number of thioether (sulfide) groups is 1. The summed E-state index contributed by atoms with van der Waals surface area (Å²) in [5, 5.41) is 6.61. The molecule has 1 fully saturated rings. The Labute approximate surface area is 201 Å². The van der Waals surface area contributed by atoms with Crippen LogP contribution in [0.1, 0.15) is 18.5 Å². The van der Waals surface area contributed by atoms with Crippen molar-refractivity contribution in [3.05, 3.63) is 83.4 Å². The van der Waals surface area contributed by atoms with Crippen LogP contribution in [-0.4, -0.2) is 23.9 Å². The Morgan fingerprint density at radius 2 is 1.88 bits per heavy atom. The second-order valence-corrected chi connectivity index (χ2v) is 9.45. The SMILES string of the molecule is CSc1cccc(N2C(=O)N[C@H]3c4ccccc4O[C@@]2(C)[C@H]3C(=O)Nc2ccc(Cl)cc2)c1. The number of ether oxygens (including phenoxy) is 1. The third kappa shape index (κ3) is 3.71. The Hall–Kier alpha value is -3.16. The standard InChI is InChI=1S/C25H22ClN3O3S/c1-25-21(23(30)27-16-12-10-15(26)11-13-16)22(19-8-3-4-9-20(19)32-25)28-24(31)29(25)17-6-5-7-18(14-17)33-2/h3-14,21-22H,1-2H3,(H,27,30)(H,28,31)/t21-,22+,25+/m1/s1. The maximum absolute atomic E-state index is 13.7. The molecule has 0 aliphatic carbocycles. The van der Waals surface area contributed by atoms with E-state index in [4.69, 9.17) is 16.3 Å². The summed E-state index contributed by atoms with van der Waals surface area (Å²) in [6.45, 7) is 1.80. The summed E-state index contributed by atoms with van der Waals surface area (Å²) in [6, 6.07) is 21.2. The molecule has 6 nitrogen and oxygen atoms in total. The zero-order chi connectivity index (χ0) is 23.2. The molecule has 2 bridgehead atoms. The van der Waals surface area contributed by atoms with Gasteiger partial charge in [0, 0.05) is 21.2 Å². The molecule has 5 rings (SSSR count). The normalized spacial score (nSPS) is 23.2. The van der Waals surface area contributed by atoms with Gasteiger partial charge in [-0.3, -0.25) is 9.69 Å². The molecule has 3 aromatic rings. The smallest absolute Gasteiger partial charge is 0.325 e. The van der Waals surface area contributed by atoms with Gasteiger partial charge in [0.25, 0.3) is 0 Å². The highest BCUT2D eigenvalue weighted by Crippen LogP contribution is 2.49. The van der Waals surface area contributed by atoms with Gasteiger partial charge in [-0.05, 0) is 61.7 Å². The number of halogens is 1. The summed E-state index contributed by atoms with van der Waals surface area (Å²) in [5.41, 5.74) is 0.794. The number of carbonyl (C=O) groups excluding carboxylic acids is 2. The first-order valence-corrected chi connectivity index (χ1v) is 12.1. The van der Waals surface area contributed by atoms with E-state index in [0.29, 0.717) is 22.1 Å². The van der Waals surface area contributed by atoms with Crippen LogP contribution in [0.4, 0.5) is 16.2 Å². The number of rotatable bonds is 4. The second kappa shape index (κ2) is 8.32. The predicted molar refractivity (Wildman–Crippen MR) is 131 cm³/mol. The third-order valence-electron chi connectivity index (χ3n) is 6.11. The van der Waals surface area contributed by atoms with Crippen LogP contribution in [-0.2, 0) is 4.79 Å². The molecule has 0 radical (unpaired) electrons. The number of urea groups is 1.